The zero-order chi connectivity index (χ0) is 23.3. The Hall–Kier alpha value is -3.12. The number of aromatic nitrogens is 1. The third-order valence-corrected chi connectivity index (χ3v) is 7.78. The molecule has 0 aliphatic carbocycles. The van der Waals surface area contributed by atoms with Crippen LogP contribution < -0.4 is 10.1 Å². The van der Waals surface area contributed by atoms with E-state index in [1.165, 1.54) is 0 Å². The Morgan fingerprint density at radius 1 is 1.15 bits per heavy atom. The summed E-state index contributed by atoms with van der Waals surface area (Å²) >= 11 is 0. The lowest BCUT2D eigenvalue weighted by atomic mass is 9.78. The number of benzene rings is 2. The number of nitrogens with zero attached hydrogens (tertiary/aromatic N) is 2. The largest absolute Gasteiger partial charge is 0.493 e. The Labute approximate surface area is 200 Å². The molecular weight excluding hydrogens is 426 g/mol. The van der Waals surface area contributed by atoms with Crippen LogP contribution in [0.3, 0.4) is 0 Å². The van der Waals surface area contributed by atoms with Crippen LogP contribution in [0.5, 0.6) is 5.75 Å². The number of amides is 1. The summed E-state index contributed by atoms with van der Waals surface area (Å²) in [6, 6.07) is 16.3. The second kappa shape index (κ2) is 8.27. The van der Waals surface area contributed by atoms with E-state index >= 15 is 0 Å². The van der Waals surface area contributed by atoms with Crippen LogP contribution >= 0.6 is 0 Å². The van der Waals surface area contributed by atoms with Crippen molar-refractivity contribution in [1.82, 2.24) is 15.2 Å². The summed E-state index contributed by atoms with van der Waals surface area (Å²) < 4.78 is 12.1. The first-order chi connectivity index (χ1) is 16.5. The van der Waals surface area contributed by atoms with E-state index in [1.54, 1.807) is 0 Å². The molecule has 0 saturated carbocycles. The third-order valence-electron chi connectivity index (χ3n) is 7.78. The highest BCUT2D eigenvalue weighted by Gasteiger charge is 2.41. The van der Waals surface area contributed by atoms with E-state index in [9.17, 15) is 4.79 Å². The predicted octanol–water partition coefficient (Wildman–Crippen LogP) is 5.18. The summed E-state index contributed by atoms with van der Waals surface area (Å²) in [6.45, 7) is 7.88. The third kappa shape index (κ3) is 3.80. The van der Waals surface area contributed by atoms with Gasteiger partial charge in [-0.2, -0.15) is 0 Å². The van der Waals surface area contributed by atoms with Gasteiger partial charge in [0, 0.05) is 29.1 Å². The Balaban J connectivity index is 1.26. The normalized spacial score (nSPS) is 27.0. The number of rotatable bonds is 3. The van der Waals surface area contributed by atoms with Crippen molar-refractivity contribution in [3.8, 4) is 16.9 Å². The van der Waals surface area contributed by atoms with E-state index in [0.29, 0.717) is 12.5 Å². The van der Waals surface area contributed by atoms with Gasteiger partial charge < -0.3 is 14.8 Å². The topological polar surface area (TPSA) is 63.7 Å². The Kier molecular flexibility index (Phi) is 5.21. The molecule has 4 aliphatic rings. The average Bonchev–Trinajstić information content (AvgIpc) is 2.86. The van der Waals surface area contributed by atoms with E-state index in [4.69, 9.17) is 9.47 Å². The summed E-state index contributed by atoms with van der Waals surface area (Å²) in [6.07, 6.45) is 3.72. The molecule has 2 aromatic carbocycles. The monoisotopic (exact) mass is 457 g/mol. The highest BCUT2D eigenvalue weighted by atomic mass is 16.6. The van der Waals surface area contributed by atoms with Crippen molar-refractivity contribution in [1.29, 1.82) is 0 Å². The predicted molar refractivity (Wildman–Crippen MR) is 132 cm³/mol. The fourth-order valence-corrected chi connectivity index (χ4v) is 5.80. The molecular formula is C28H31N3O3. The number of pyridine rings is 1. The van der Waals surface area contributed by atoms with Gasteiger partial charge in [-0.3, -0.25) is 9.88 Å². The molecule has 176 valence electrons. The highest BCUT2D eigenvalue weighted by Crippen LogP contribution is 2.44. The number of ether oxygens (including phenoxy) is 2. The van der Waals surface area contributed by atoms with Crippen LogP contribution in [-0.2, 0) is 4.74 Å². The number of alkyl carbamates (subject to hydrolysis) is 1. The molecule has 4 aliphatic heterocycles. The number of hydrogen-bond donors (Lipinski definition) is 1. The molecule has 6 heteroatoms. The zero-order valence-corrected chi connectivity index (χ0v) is 19.8. The lowest BCUT2D eigenvalue weighted by Gasteiger charge is -2.44. The highest BCUT2D eigenvalue weighted by molar-refractivity contribution is 5.94. The molecule has 5 heterocycles. The Morgan fingerprint density at radius 3 is 2.79 bits per heavy atom. The molecule has 2 bridgehead atoms. The molecule has 1 aromatic heterocycles. The lowest BCUT2D eigenvalue weighted by molar-refractivity contribution is -0.0361. The van der Waals surface area contributed by atoms with Crippen molar-refractivity contribution < 1.29 is 14.3 Å². The first-order valence-corrected chi connectivity index (χ1v) is 12.3. The van der Waals surface area contributed by atoms with Crippen molar-refractivity contribution in [2.45, 2.75) is 38.8 Å². The summed E-state index contributed by atoms with van der Waals surface area (Å²) in [4.78, 5) is 19.9. The number of nitrogens with one attached hydrogen (secondary N) is 1. The number of carbonyl (C=O) groups excluding carboxylic acids is 1. The maximum atomic E-state index is 13.0. The van der Waals surface area contributed by atoms with E-state index in [2.05, 4.69) is 59.4 Å². The van der Waals surface area contributed by atoms with E-state index < -0.39 is 0 Å². The Morgan fingerprint density at radius 2 is 2.00 bits per heavy atom. The fourth-order valence-electron chi connectivity index (χ4n) is 5.80. The minimum absolute atomic E-state index is 0.00716. The van der Waals surface area contributed by atoms with Gasteiger partial charge in [0.2, 0.25) is 0 Å². The molecule has 3 saturated heterocycles. The number of carbonyl (C=O) groups is 1. The maximum absolute atomic E-state index is 13.0. The Bertz CT molecular complexity index is 1230. The van der Waals surface area contributed by atoms with Crippen LogP contribution in [0.4, 0.5) is 4.79 Å². The average molecular weight is 458 g/mol. The lowest BCUT2D eigenvalue weighted by Crippen LogP contribution is -2.53. The smallest absolute Gasteiger partial charge is 0.407 e. The molecule has 6 nitrogen and oxygen atoms in total. The van der Waals surface area contributed by atoms with Crippen molar-refractivity contribution in [3.05, 3.63) is 60.3 Å². The minimum atomic E-state index is -0.325. The van der Waals surface area contributed by atoms with Gasteiger partial charge in [-0.15, -0.1) is 0 Å². The molecule has 3 aromatic rings. The molecule has 0 radical (unpaired) electrons. The fraction of sp³-hybridized carbons (Fsp3) is 0.429. The molecule has 1 amide bonds. The van der Waals surface area contributed by atoms with Gasteiger partial charge in [0.05, 0.1) is 18.2 Å². The van der Waals surface area contributed by atoms with Gasteiger partial charge in [-0.05, 0) is 61.2 Å². The minimum Gasteiger partial charge on any atom is -0.493 e. The second-order valence-electron chi connectivity index (χ2n) is 10.6. The number of hydrogen-bond acceptors (Lipinski definition) is 5. The summed E-state index contributed by atoms with van der Waals surface area (Å²) in [5, 5.41) is 4.30. The summed E-state index contributed by atoms with van der Waals surface area (Å²) in [5.41, 5.74) is 3.89. The molecule has 1 N–H and O–H groups in total. The molecule has 1 unspecified atom stereocenters. The molecule has 2 atom stereocenters. The quantitative estimate of drug-likeness (QED) is 0.587. The van der Waals surface area contributed by atoms with Gasteiger partial charge in [-0.1, -0.05) is 44.2 Å². The van der Waals surface area contributed by atoms with Gasteiger partial charge >= 0.3 is 6.09 Å². The zero-order valence-electron chi connectivity index (χ0n) is 19.8. The summed E-state index contributed by atoms with van der Waals surface area (Å²) in [7, 11) is 0. The van der Waals surface area contributed by atoms with Gasteiger partial charge in [0.25, 0.3) is 0 Å². The van der Waals surface area contributed by atoms with E-state index in [1.807, 2.05) is 24.4 Å². The van der Waals surface area contributed by atoms with Crippen molar-refractivity contribution in [2.75, 3.05) is 26.2 Å². The van der Waals surface area contributed by atoms with Crippen molar-refractivity contribution in [3.63, 3.8) is 0 Å². The van der Waals surface area contributed by atoms with Gasteiger partial charge in [0.15, 0.2) is 0 Å². The van der Waals surface area contributed by atoms with Crippen LogP contribution in [-0.4, -0.2) is 48.3 Å². The number of fused-ring (bicyclic) bond motifs is 5. The van der Waals surface area contributed by atoms with Gasteiger partial charge in [-0.25, -0.2) is 4.79 Å². The summed E-state index contributed by atoms with van der Waals surface area (Å²) in [5.74, 6) is 1.30. The van der Waals surface area contributed by atoms with Crippen molar-refractivity contribution in [2.24, 2.45) is 11.3 Å². The molecule has 3 fully saturated rings. The van der Waals surface area contributed by atoms with Crippen LogP contribution in [0.15, 0.2) is 54.7 Å². The van der Waals surface area contributed by atoms with Crippen LogP contribution in [0.25, 0.3) is 22.0 Å². The van der Waals surface area contributed by atoms with Crippen LogP contribution in [0.1, 0.15) is 38.3 Å². The first-order valence-electron chi connectivity index (χ1n) is 12.3. The molecule has 34 heavy (non-hydrogen) atoms. The van der Waals surface area contributed by atoms with Gasteiger partial charge in [0.1, 0.15) is 11.9 Å². The van der Waals surface area contributed by atoms with Crippen LogP contribution in [0.2, 0.25) is 0 Å². The van der Waals surface area contributed by atoms with Crippen LogP contribution in [0, 0.1) is 11.3 Å². The SMILES string of the molecule is CC1(C)COc2cc(-c3cccc4ncccc34)ccc2C1NC(=O)O[C@H]1CN2CCC1CC2. The maximum Gasteiger partial charge on any atom is 0.407 e. The first kappa shape index (κ1) is 21.4. The molecule has 7 rings (SSSR count). The standard InChI is InChI=1S/C28H31N3O3/c1-28(2)17-33-24-15-19(20-5-3-7-23-21(20)6-4-12-29-23)8-9-22(24)26(28)30-27(32)34-25-16-31-13-10-18(25)11-14-31/h3-9,12,15,18,25-26H,10-11,13-14,16-17H2,1-2H3,(H,30,32)/t25-,26?/m0/s1. The van der Waals surface area contributed by atoms with E-state index in [-0.39, 0.29) is 23.7 Å². The number of piperidine rings is 3. The molecule has 0 spiro atoms. The van der Waals surface area contributed by atoms with E-state index in [0.717, 1.165) is 65.8 Å². The van der Waals surface area contributed by atoms with Crippen molar-refractivity contribution >= 4 is 17.0 Å². The second-order valence-corrected chi connectivity index (χ2v) is 10.6.